The van der Waals surface area contributed by atoms with Crippen molar-refractivity contribution < 1.29 is 43.9 Å². The molecule has 10 unspecified atom stereocenters. The van der Waals surface area contributed by atoms with Gasteiger partial charge in [-0.05, 0) is 51.7 Å². The van der Waals surface area contributed by atoms with Crippen LogP contribution in [0.15, 0.2) is 36.0 Å². The summed E-state index contributed by atoms with van der Waals surface area (Å²) in [5.41, 5.74) is -1.27. The highest BCUT2D eigenvalue weighted by molar-refractivity contribution is 5.70. The van der Waals surface area contributed by atoms with Crippen molar-refractivity contribution in [3.05, 3.63) is 36.0 Å². The first-order chi connectivity index (χ1) is 18.3. The highest BCUT2D eigenvalue weighted by Crippen LogP contribution is 2.37. The fourth-order valence-corrected chi connectivity index (χ4v) is 5.09. The molecule has 0 spiro atoms. The quantitative estimate of drug-likeness (QED) is 0.116. The number of methoxy groups -OCH3 is 1. The minimum Gasteiger partial charge on any atom is -0.457 e. The van der Waals surface area contributed by atoms with Gasteiger partial charge in [0.1, 0.15) is 17.8 Å². The Morgan fingerprint density at radius 2 is 2.05 bits per heavy atom. The fraction of sp³-hybridized carbons (Fsp3) is 0.733. The Balaban J connectivity index is 2.18. The lowest BCUT2D eigenvalue weighted by Gasteiger charge is -2.35. The largest absolute Gasteiger partial charge is 0.457 e. The lowest BCUT2D eigenvalue weighted by atomic mass is 9.88. The Bertz CT molecular complexity index is 895. The summed E-state index contributed by atoms with van der Waals surface area (Å²) in [6.45, 7) is 11.5. The number of rotatable bonds is 11. The second-order valence-corrected chi connectivity index (χ2v) is 11.5. The number of carbonyl (C=O) groups excluding carboxylic acids is 2. The molecule has 0 radical (unpaired) electrons. The van der Waals surface area contributed by atoms with Crippen LogP contribution in [0.4, 0.5) is 0 Å². The Morgan fingerprint density at radius 3 is 2.67 bits per heavy atom. The molecule has 0 amide bonds. The molecule has 0 saturated carbocycles. The van der Waals surface area contributed by atoms with E-state index >= 15 is 0 Å². The van der Waals surface area contributed by atoms with E-state index < -0.39 is 41.6 Å². The van der Waals surface area contributed by atoms with Crippen LogP contribution in [0, 0.1) is 11.8 Å². The van der Waals surface area contributed by atoms with Crippen LogP contribution in [0.3, 0.4) is 0 Å². The van der Waals surface area contributed by atoms with Crippen LogP contribution in [0.25, 0.3) is 0 Å². The first-order valence-corrected chi connectivity index (χ1v) is 13.9. The summed E-state index contributed by atoms with van der Waals surface area (Å²) in [6.07, 6.45) is 7.38. The summed E-state index contributed by atoms with van der Waals surface area (Å²) in [5, 5.41) is 31.4. The molecule has 3 N–H and O–H groups in total. The van der Waals surface area contributed by atoms with Crippen molar-refractivity contribution in [1.29, 1.82) is 0 Å². The molecule has 0 aliphatic carbocycles. The third-order valence-corrected chi connectivity index (χ3v) is 8.01. The van der Waals surface area contributed by atoms with Crippen molar-refractivity contribution in [2.45, 2.75) is 121 Å². The number of aliphatic hydroxyl groups is 3. The lowest BCUT2D eigenvalue weighted by Crippen LogP contribution is -2.43. The summed E-state index contributed by atoms with van der Waals surface area (Å²) in [5.74, 6) is -0.803. The maximum atomic E-state index is 12.7. The molecule has 9 heteroatoms. The van der Waals surface area contributed by atoms with Gasteiger partial charge in [0, 0.05) is 25.4 Å². The van der Waals surface area contributed by atoms with E-state index in [0.29, 0.717) is 25.7 Å². The smallest absolute Gasteiger partial charge is 0.309 e. The Labute approximate surface area is 232 Å². The van der Waals surface area contributed by atoms with Crippen LogP contribution >= 0.6 is 0 Å². The molecule has 0 bridgehead atoms. The van der Waals surface area contributed by atoms with Gasteiger partial charge in [-0.2, -0.15) is 0 Å². The van der Waals surface area contributed by atoms with Gasteiger partial charge in [-0.15, -0.1) is 0 Å². The zero-order valence-corrected chi connectivity index (χ0v) is 24.4. The van der Waals surface area contributed by atoms with Gasteiger partial charge in [-0.3, -0.25) is 9.59 Å². The van der Waals surface area contributed by atoms with Gasteiger partial charge >= 0.3 is 5.97 Å². The number of ether oxygens (including phenoxy) is 4. The summed E-state index contributed by atoms with van der Waals surface area (Å²) < 4.78 is 22.5. The molecule has 0 aromatic heterocycles. The van der Waals surface area contributed by atoms with Crippen LogP contribution < -0.4 is 0 Å². The third kappa shape index (κ3) is 9.83. The number of allylic oxidation sites excluding steroid dienone is 2. The number of carbonyl (C=O) groups is 2. The Kier molecular flexibility index (Phi) is 12.4. The SMILES string of the molecule is CCC(O)C(C)C1OC1CC(C)(O)/C=C/C=C(\C)C1OC(=O)CC(O)CCC(C)(OC)C(OC=O)/C=C/C1C. The van der Waals surface area contributed by atoms with E-state index in [1.807, 2.05) is 33.8 Å². The lowest BCUT2D eigenvalue weighted by molar-refractivity contribution is -0.152. The van der Waals surface area contributed by atoms with Crippen LogP contribution in [-0.4, -0.2) is 82.7 Å². The molecule has 0 aromatic rings. The van der Waals surface area contributed by atoms with Gasteiger partial charge in [0.15, 0.2) is 0 Å². The molecule has 2 aliphatic rings. The Morgan fingerprint density at radius 1 is 1.36 bits per heavy atom. The predicted octanol–water partition coefficient (Wildman–Crippen LogP) is 3.40. The number of hydrogen-bond donors (Lipinski definition) is 3. The monoisotopic (exact) mass is 552 g/mol. The van der Waals surface area contributed by atoms with Crippen molar-refractivity contribution in [3.8, 4) is 0 Å². The van der Waals surface area contributed by atoms with E-state index in [9.17, 15) is 24.9 Å². The number of cyclic esters (lactones) is 1. The molecular formula is C30H48O9. The van der Waals surface area contributed by atoms with Gasteiger partial charge in [0.2, 0.25) is 0 Å². The second-order valence-electron chi connectivity index (χ2n) is 11.5. The van der Waals surface area contributed by atoms with Crippen LogP contribution in [0.1, 0.15) is 73.6 Å². The molecule has 2 aliphatic heterocycles. The fourth-order valence-electron chi connectivity index (χ4n) is 5.09. The average Bonchev–Trinajstić information content (AvgIpc) is 3.64. The summed E-state index contributed by atoms with van der Waals surface area (Å²) in [4.78, 5) is 23.9. The highest BCUT2D eigenvalue weighted by Gasteiger charge is 2.47. The molecule has 10 atom stereocenters. The zero-order valence-electron chi connectivity index (χ0n) is 24.4. The van der Waals surface area contributed by atoms with Crippen molar-refractivity contribution in [3.63, 3.8) is 0 Å². The van der Waals surface area contributed by atoms with Gasteiger partial charge < -0.3 is 34.3 Å². The van der Waals surface area contributed by atoms with Gasteiger partial charge in [-0.1, -0.05) is 45.1 Å². The molecule has 222 valence electrons. The van der Waals surface area contributed by atoms with E-state index in [-0.39, 0.29) is 36.9 Å². The van der Waals surface area contributed by atoms with Gasteiger partial charge in [0.05, 0.1) is 36.4 Å². The van der Waals surface area contributed by atoms with Crippen LogP contribution in [0.5, 0.6) is 0 Å². The van der Waals surface area contributed by atoms with E-state index in [0.717, 1.165) is 5.57 Å². The number of epoxide rings is 1. The number of aliphatic hydroxyl groups excluding tert-OH is 2. The van der Waals surface area contributed by atoms with Crippen molar-refractivity contribution in [2.75, 3.05) is 7.11 Å². The van der Waals surface area contributed by atoms with Gasteiger partial charge in [0.25, 0.3) is 6.47 Å². The van der Waals surface area contributed by atoms with E-state index in [4.69, 9.17) is 18.9 Å². The second kappa shape index (κ2) is 14.6. The van der Waals surface area contributed by atoms with Crippen molar-refractivity contribution in [1.82, 2.24) is 0 Å². The third-order valence-electron chi connectivity index (χ3n) is 8.01. The molecule has 1 fully saturated rings. The molecule has 0 aromatic carbocycles. The van der Waals surface area contributed by atoms with Crippen LogP contribution in [-0.2, 0) is 28.5 Å². The zero-order chi connectivity index (χ0) is 29.4. The first kappa shape index (κ1) is 33.2. The normalized spacial score (nSPS) is 36.6. The minimum absolute atomic E-state index is 0.00375. The topological polar surface area (TPSA) is 135 Å². The number of esters is 1. The molecule has 39 heavy (non-hydrogen) atoms. The predicted molar refractivity (Wildman–Crippen MR) is 147 cm³/mol. The van der Waals surface area contributed by atoms with Crippen molar-refractivity contribution in [2.24, 2.45) is 11.8 Å². The van der Waals surface area contributed by atoms with E-state index in [1.165, 1.54) is 7.11 Å². The summed E-state index contributed by atoms with van der Waals surface area (Å²) in [6, 6.07) is 0. The molecule has 9 nitrogen and oxygen atoms in total. The maximum Gasteiger partial charge on any atom is 0.309 e. The van der Waals surface area contributed by atoms with E-state index in [1.54, 1.807) is 38.2 Å². The van der Waals surface area contributed by atoms with Crippen LogP contribution in [0.2, 0.25) is 0 Å². The number of hydrogen-bond acceptors (Lipinski definition) is 9. The standard InChI is InChI=1S/C30H48O9/c1-8-23(33)21(4)28-24(38-28)17-29(5,35)14-9-10-19(2)27-20(3)11-12-25(37-18-31)30(6,36-7)15-13-22(32)16-26(34)39-27/h9-12,14,18,20-25,27-28,32-33,35H,8,13,15-17H2,1-7H3/b12-11+,14-9+,19-10+. The summed E-state index contributed by atoms with van der Waals surface area (Å²) >= 11 is 0. The van der Waals surface area contributed by atoms with Crippen molar-refractivity contribution >= 4 is 12.4 Å². The minimum atomic E-state index is -1.13. The molecule has 1 saturated heterocycles. The van der Waals surface area contributed by atoms with Gasteiger partial charge in [-0.25, -0.2) is 0 Å². The first-order valence-electron chi connectivity index (χ1n) is 13.9. The average molecular weight is 553 g/mol. The van der Waals surface area contributed by atoms with E-state index in [2.05, 4.69) is 0 Å². The molecular weight excluding hydrogens is 504 g/mol. The Hall–Kier alpha value is -2.04. The highest BCUT2D eigenvalue weighted by atomic mass is 16.6. The maximum absolute atomic E-state index is 12.7. The molecule has 2 rings (SSSR count). The summed E-state index contributed by atoms with van der Waals surface area (Å²) in [7, 11) is 1.52. The molecule has 2 heterocycles.